The minimum Gasteiger partial charge on any atom is -0.207 e. The van der Waals surface area contributed by atoms with Gasteiger partial charge in [0.05, 0.1) is 5.02 Å². The molecule has 0 aliphatic carbocycles. The Hall–Kier alpha value is -1.41. The largest absolute Gasteiger partial charge is 0.207 e. The molecular formula is C13H9ClF2. The topological polar surface area (TPSA) is 0 Å². The van der Waals surface area contributed by atoms with Gasteiger partial charge in [0.2, 0.25) is 0 Å². The summed E-state index contributed by atoms with van der Waals surface area (Å²) < 4.78 is 26.7. The van der Waals surface area contributed by atoms with Gasteiger partial charge in [-0.3, -0.25) is 0 Å². The maximum atomic E-state index is 13.5. The van der Waals surface area contributed by atoms with E-state index in [1.807, 2.05) is 0 Å². The van der Waals surface area contributed by atoms with E-state index in [0.29, 0.717) is 16.7 Å². The van der Waals surface area contributed by atoms with Crippen molar-refractivity contribution in [1.29, 1.82) is 0 Å². The van der Waals surface area contributed by atoms with Crippen molar-refractivity contribution in [2.24, 2.45) is 0 Å². The molecule has 2 rings (SSSR count). The van der Waals surface area contributed by atoms with Gasteiger partial charge in [-0.1, -0.05) is 29.8 Å². The molecule has 0 radical (unpaired) electrons. The zero-order valence-corrected chi connectivity index (χ0v) is 9.35. The summed E-state index contributed by atoms with van der Waals surface area (Å²) in [7, 11) is 0. The van der Waals surface area contributed by atoms with E-state index in [9.17, 15) is 8.78 Å². The molecule has 0 saturated heterocycles. The molecule has 0 bridgehead atoms. The van der Waals surface area contributed by atoms with Gasteiger partial charge in [0.25, 0.3) is 0 Å². The fraction of sp³-hybridized carbons (Fsp3) is 0.0769. The van der Waals surface area contributed by atoms with Gasteiger partial charge in [-0.15, -0.1) is 0 Å². The molecule has 2 aromatic carbocycles. The molecule has 0 aliphatic rings. The highest BCUT2D eigenvalue weighted by molar-refractivity contribution is 6.33. The Morgan fingerprint density at radius 3 is 2.31 bits per heavy atom. The van der Waals surface area contributed by atoms with Crippen LogP contribution in [0, 0.1) is 18.6 Å². The second kappa shape index (κ2) is 4.22. The predicted molar refractivity (Wildman–Crippen MR) is 61.5 cm³/mol. The first-order valence-corrected chi connectivity index (χ1v) is 5.18. The standard InChI is InChI=1S/C13H9ClF2/c1-8-6-10(11(14)7-13(8)16)9-4-2-3-5-12(9)15/h2-7H,1H3. The minimum atomic E-state index is -0.384. The van der Waals surface area contributed by atoms with E-state index in [4.69, 9.17) is 11.6 Å². The van der Waals surface area contributed by atoms with Crippen molar-refractivity contribution in [2.75, 3.05) is 0 Å². The van der Waals surface area contributed by atoms with Crippen LogP contribution in [-0.4, -0.2) is 0 Å². The van der Waals surface area contributed by atoms with Crippen molar-refractivity contribution in [3.8, 4) is 11.1 Å². The summed E-state index contributed by atoms with van der Waals surface area (Å²) in [6, 6.07) is 9.05. The number of hydrogen-bond donors (Lipinski definition) is 0. The first-order chi connectivity index (χ1) is 7.59. The molecule has 0 unspecified atom stereocenters. The summed E-state index contributed by atoms with van der Waals surface area (Å²) in [5.74, 6) is -0.750. The smallest absolute Gasteiger partial charge is 0.131 e. The molecule has 0 aromatic heterocycles. The molecule has 0 N–H and O–H groups in total. The molecule has 16 heavy (non-hydrogen) atoms. The Balaban J connectivity index is 2.65. The quantitative estimate of drug-likeness (QED) is 0.682. The number of halogens is 3. The van der Waals surface area contributed by atoms with Gasteiger partial charge >= 0.3 is 0 Å². The van der Waals surface area contributed by atoms with Crippen LogP contribution in [0.25, 0.3) is 11.1 Å². The van der Waals surface area contributed by atoms with Crippen LogP contribution in [0.1, 0.15) is 5.56 Å². The molecule has 0 atom stereocenters. The van der Waals surface area contributed by atoms with Gasteiger partial charge in [-0.05, 0) is 30.7 Å². The third kappa shape index (κ3) is 1.93. The molecule has 0 nitrogen and oxygen atoms in total. The average molecular weight is 239 g/mol. The van der Waals surface area contributed by atoms with Crippen molar-refractivity contribution in [3.63, 3.8) is 0 Å². The van der Waals surface area contributed by atoms with Crippen molar-refractivity contribution < 1.29 is 8.78 Å². The summed E-state index contributed by atoms with van der Waals surface area (Å²) in [6.07, 6.45) is 0. The lowest BCUT2D eigenvalue weighted by Crippen LogP contribution is -1.89. The Morgan fingerprint density at radius 1 is 0.938 bits per heavy atom. The van der Waals surface area contributed by atoms with Gasteiger partial charge in [0.1, 0.15) is 11.6 Å². The number of aryl methyl sites for hydroxylation is 1. The maximum Gasteiger partial charge on any atom is 0.131 e. The van der Waals surface area contributed by atoms with Crippen LogP contribution < -0.4 is 0 Å². The van der Waals surface area contributed by atoms with E-state index in [-0.39, 0.29) is 16.7 Å². The summed E-state index contributed by atoms with van der Waals surface area (Å²) >= 11 is 5.90. The zero-order chi connectivity index (χ0) is 11.7. The first kappa shape index (κ1) is 11.1. The average Bonchev–Trinajstić information content (AvgIpc) is 2.25. The number of benzene rings is 2. The lowest BCUT2D eigenvalue weighted by Gasteiger charge is -2.07. The summed E-state index contributed by atoms with van der Waals surface area (Å²) in [4.78, 5) is 0. The van der Waals surface area contributed by atoms with Gasteiger partial charge in [-0.2, -0.15) is 0 Å². The third-order valence-electron chi connectivity index (χ3n) is 2.41. The fourth-order valence-electron chi connectivity index (χ4n) is 1.54. The molecule has 0 spiro atoms. The predicted octanol–water partition coefficient (Wildman–Crippen LogP) is 4.59. The van der Waals surface area contributed by atoms with Crippen molar-refractivity contribution >= 4 is 11.6 Å². The Kier molecular flexibility index (Phi) is 2.92. The molecular weight excluding hydrogens is 230 g/mol. The van der Waals surface area contributed by atoms with E-state index < -0.39 is 0 Å². The summed E-state index contributed by atoms with van der Waals surface area (Å²) in [5, 5.41) is 0.216. The van der Waals surface area contributed by atoms with E-state index in [1.165, 1.54) is 12.1 Å². The lowest BCUT2D eigenvalue weighted by molar-refractivity contribution is 0.618. The second-order valence-electron chi connectivity index (χ2n) is 3.56. The maximum absolute atomic E-state index is 13.5. The van der Waals surface area contributed by atoms with Crippen LogP contribution in [0.2, 0.25) is 5.02 Å². The summed E-state index contributed by atoms with van der Waals surface area (Å²) in [5.41, 5.74) is 1.34. The highest BCUT2D eigenvalue weighted by Gasteiger charge is 2.10. The van der Waals surface area contributed by atoms with E-state index in [1.54, 1.807) is 31.2 Å². The molecule has 0 heterocycles. The first-order valence-electron chi connectivity index (χ1n) is 4.80. The molecule has 3 heteroatoms. The highest BCUT2D eigenvalue weighted by atomic mass is 35.5. The van der Waals surface area contributed by atoms with E-state index in [0.717, 1.165) is 0 Å². The molecule has 0 aliphatic heterocycles. The van der Waals surface area contributed by atoms with Crippen molar-refractivity contribution in [3.05, 3.63) is 58.6 Å². The Bertz CT molecular complexity index is 535. The van der Waals surface area contributed by atoms with Crippen LogP contribution in [0.5, 0.6) is 0 Å². The molecule has 0 amide bonds. The molecule has 0 saturated carbocycles. The monoisotopic (exact) mass is 238 g/mol. The van der Waals surface area contributed by atoms with Crippen LogP contribution in [0.15, 0.2) is 36.4 Å². The lowest BCUT2D eigenvalue weighted by atomic mass is 10.0. The second-order valence-corrected chi connectivity index (χ2v) is 3.97. The summed E-state index contributed by atoms with van der Waals surface area (Å²) in [6.45, 7) is 1.62. The Morgan fingerprint density at radius 2 is 1.62 bits per heavy atom. The third-order valence-corrected chi connectivity index (χ3v) is 2.73. The van der Waals surface area contributed by atoms with Crippen LogP contribution in [0.4, 0.5) is 8.78 Å². The molecule has 2 aromatic rings. The van der Waals surface area contributed by atoms with E-state index in [2.05, 4.69) is 0 Å². The van der Waals surface area contributed by atoms with Gasteiger partial charge < -0.3 is 0 Å². The van der Waals surface area contributed by atoms with Crippen LogP contribution in [0.3, 0.4) is 0 Å². The van der Waals surface area contributed by atoms with Gasteiger partial charge in [-0.25, -0.2) is 8.78 Å². The Labute approximate surface area is 97.5 Å². The van der Waals surface area contributed by atoms with Crippen molar-refractivity contribution in [2.45, 2.75) is 6.92 Å². The van der Waals surface area contributed by atoms with Gasteiger partial charge in [0, 0.05) is 11.1 Å². The number of rotatable bonds is 1. The van der Waals surface area contributed by atoms with Crippen LogP contribution >= 0.6 is 11.6 Å². The molecule has 0 fully saturated rings. The van der Waals surface area contributed by atoms with E-state index >= 15 is 0 Å². The zero-order valence-electron chi connectivity index (χ0n) is 8.60. The van der Waals surface area contributed by atoms with Gasteiger partial charge in [0.15, 0.2) is 0 Å². The molecule has 82 valence electrons. The minimum absolute atomic E-state index is 0.216. The fourth-order valence-corrected chi connectivity index (χ4v) is 1.80. The normalized spacial score (nSPS) is 10.5. The highest BCUT2D eigenvalue weighted by Crippen LogP contribution is 2.31. The SMILES string of the molecule is Cc1cc(-c2ccccc2F)c(Cl)cc1F. The van der Waals surface area contributed by atoms with Crippen molar-refractivity contribution in [1.82, 2.24) is 0 Å². The number of hydrogen-bond acceptors (Lipinski definition) is 0. The van der Waals surface area contributed by atoms with Crippen LogP contribution in [-0.2, 0) is 0 Å².